The van der Waals surface area contributed by atoms with E-state index >= 15 is 0 Å². The molecule has 1 aromatic carbocycles. The summed E-state index contributed by atoms with van der Waals surface area (Å²) in [5.74, 6) is 0. The molecule has 1 aliphatic rings. The first-order chi connectivity index (χ1) is 9.70. The zero-order valence-electron chi connectivity index (χ0n) is 12.9. The van der Waals surface area contributed by atoms with Crippen molar-refractivity contribution in [2.45, 2.75) is 45.8 Å². The zero-order chi connectivity index (χ0) is 14.4. The van der Waals surface area contributed by atoms with E-state index < -0.39 is 0 Å². The Bertz CT molecular complexity index is 413. The highest BCUT2D eigenvalue weighted by atomic mass is 16.5. The molecule has 1 aliphatic heterocycles. The largest absolute Gasteiger partial charge is 0.379 e. The van der Waals surface area contributed by atoms with Gasteiger partial charge in [0, 0.05) is 6.61 Å². The summed E-state index contributed by atoms with van der Waals surface area (Å²) in [6, 6.07) is 6.96. The maximum absolute atomic E-state index is 6.00. The Labute approximate surface area is 122 Å². The summed E-state index contributed by atoms with van der Waals surface area (Å²) in [6.07, 6.45) is 2.42. The van der Waals surface area contributed by atoms with Gasteiger partial charge in [-0.1, -0.05) is 25.1 Å². The molecule has 20 heavy (non-hydrogen) atoms. The lowest BCUT2D eigenvalue weighted by atomic mass is 10.0. The van der Waals surface area contributed by atoms with E-state index in [1.807, 2.05) is 0 Å². The number of aryl methyl sites for hydroxylation is 2. The third-order valence-electron chi connectivity index (χ3n) is 3.96. The monoisotopic (exact) mass is 277 g/mol. The molecule has 1 fully saturated rings. The molecular formula is C17H27NO2. The second kappa shape index (κ2) is 7.77. The van der Waals surface area contributed by atoms with Crippen molar-refractivity contribution in [1.29, 1.82) is 0 Å². The van der Waals surface area contributed by atoms with E-state index in [-0.39, 0.29) is 12.1 Å². The summed E-state index contributed by atoms with van der Waals surface area (Å²) in [6.45, 7) is 9.82. The standard InChI is InChI=1S/C17H27NO2/c1-4-8-18-17(12-20-16-7-9-19-11-16)15-6-5-13(2)14(3)10-15/h5-6,10,16-18H,4,7-9,11-12H2,1-3H3. The highest BCUT2D eigenvalue weighted by Gasteiger charge is 2.19. The summed E-state index contributed by atoms with van der Waals surface area (Å²) in [4.78, 5) is 0. The van der Waals surface area contributed by atoms with Gasteiger partial charge in [0.15, 0.2) is 0 Å². The Hall–Kier alpha value is -0.900. The van der Waals surface area contributed by atoms with Crippen molar-refractivity contribution in [3.63, 3.8) is 0 Å². The van der Waals surface area contributed by atoms with Crippen LogP contribution < -0.4 is 5.32 Å². The number of hydrogen-bond donors (Lipinski definition) is 1. The van der Waals surface area contributed by atoms with E-state index in [1.165, 1.54) is 16.7 Å². The number of rotatable bonds is 7. The molecule has 2 unspecified atom stereocenters. The molecule has 1 saturated heterocycles. The van der Waals surface area contributed by atoms with Crippen LogP contribution in [-0.2, 0) is 9.47 Å². The van der Waals surface area contributed by atoms with Crippen molar-refractivity contribution >= 4 is 0 Å². The van der Waals surface area contributed by atoms with E-state index in [1.54, 1.807) is 0 Å². The van der Waals surface area contributed by atoms with Crippen LogP contribution in [0.5, 0.6) is 0 Å². The zero-order valence-corrected chi connectivity index (χ0v) is 12.9. The van der Waals surface area contributed by atoms with Crippen LogP contribution in [0.1, 0.15) is 42.5 Å². The molecule has 0 aliphatic carbocycles. The molecule has 112 valence electrons. The Morgan fingerprint density at radius 3 is 2.85 bits per heavy atom. The lowest BCUT2D eigenvalue weighted by Gasteiger charge is -2.22. The Kier molecular flexibility index (Phi) is 6.02. The summed E-state index contributed by atoms with van der Waals surface area (Å²) in [7, 11) is 0. The van der Waals surface area contributed by atoms with Gasteiger partial charge in [-0.2, -0.15) is 0 Å². The van der Waals surface area contributed by atoms with Crippen LogP contribution in [0.4, 0.5) is 0 Å². The molecule has 3 nitrogen and oxygen atoms in total. The van der Waals surface area contributed by atoms with E-state index in [0.717, 1.165) is 39.2 Å². The van der Waals surface area contributed by atoms with Crippen molar-refractivity contribution in [1.82, 2.24) is 5.32 Å². The van der Waals surface area contributed by atoms with Gasteiger partial charge >= 0.3 is 0 Å². The van der Waals surface area contributed by atoms with Gasteiger partial charge in [-0.05, 0) is 49.9 Å². The van der Waals surface area contributed by atoms with Crippen LogP contribution in [0.2, 0.25) is 0 Å². The van der Waals surface area contributed by atoms with E-state index in [9.17, 15) is 0 Å². The molecular weight excluding hydrogens is 250 g/mol. The summed E-state index contributed by atoms with van der Waals surface area (Å²) in [5.41, 5.74) is 4.00. The van der Waals surface area contributed by atoms with Gasteiger partial charge in [-0.25, -0.2) is 0 Å². The topological polar surface area (TPSA) is 30.5 Å². The molecule has 2 atom stereocenters. The average Bonchev–Trinajstić information content (AvgIpc) is 2.95. The highest BCUT2D eigenvalue weighted by molar-refractivity contribution is 5.31. The van der Waals surface area contributed by atoms with Crippen LogP contribution in [0, 0.1) is 13.8 Å². The van der Waals surface area contributed by atoms with E-state index in [4.69, 9.17) is 9.47 Å². The third kappa shape index (κ3) is 4.30. The Balaban J connectivity index is 1.99. The van der Waals surface area contributed by atoms with Crippen molar-refractivity contribution in [2.24, 2.45) is 0 Å². The number of ether oxygens (including phenoxy) is 2. The highest BCUT2D eigenvalue weighted by Crippen LogP contribution is 2.19. The molecule has 1 heterocycles. The molecule has 0 radical (unpaired) electrons. The van der Waals surface area contributed by atoms with Gasteiger partial charge < -0.3 is 14.8 Å². The van der Waals surface area contributed by atoms with E-state index in [0.29, 0.717) is 0 Å². The summed E-state index contributed by atoms with van der Waals surface area (Å²) < 4.78 is 11.4. The van der Waals surface area contributed by atoms with Gasteiger partial charge in [-0.3, -0.25) is 0 Å². The molecule has 1 aromatic rings. The van der Waals surface area contributed by atoms with Crippen LogP contribution in [0.3, 0.4) is 0 Å². The Morgan fingerprint density at radius 2 is 2.20 bits per heavy atom. The fourth-order valence-corrected chi connectivity index (χ4v) is 2.45. The van der Waals surface area contributed by atoms with Crippen LogP contribution >= 0.6 is 0 Å². The Morgan fingerprint density at radius 1 is 1.35 bits per heavy atom. The summed E-state index contributed by atoms with van der Waals surface area (Å²) >= 11 is 0. The predicted molar refractivity (Wildman–Crippen MR) is 82.1 cm³/mol. The quantitative estimate of drug-likeness (QED) is 0.830. The maximum atomic E-state index is 6.00. The molecule has 0 amide bonds. The SMILES string of the molecule is CCCNC(COC1CCOC1)c1ccc(C)c(C)c1. The van der Waals surface area contributed by atoms with Crippen LogP contribution in [0.15, 0.2) is 18.2 Å². The van der Waals surface area contributed by atoms with Crippen molar-refractivity contribution < 1.29 is 9.47 Å². The molecule has 1 N–H and O–H groups in total. The van der Waals surface area contributed by atoms with Gasteiger partial charge in [0.25, 0.3) is 0 Å². The third-order valence-corrected chi connectivity index (χ3v) is 3.96. The maximum Gasteiger partial charge on any atom is 0.0831 e. The number of benzene rings is 1. The first kappa shape index (κ1) is 15.5. The predicted octanol–water partition coefficient (Wildman–Crippen LogP) is 3.15. The molecule has 0 aromatic heterocycles. The van der Waals surface area contributed by atoms with Crippen molar-refractivity contribution in [3.8, 4) is 0 Å². The summed E-state index contributed by atoms with van der Waals surface area (Å²) in [5, 5.41) is 3.59. The second-order valence-electron chi connectivity index (χ2n) is 5.67. The lowest BCUT2D eigenvalue weighted by Crippen LogP contribution is -2.28. The van der Waals surface area contributed by atoms with Crippen LogP contribution in [0.25, 0.3) is 0 Å². The fourth-order valence-electron chi connectivity index (χ4n) is 2.45. The van der Waals surface area contributed by atoms with E-state index in [2.05, 4.69) is 44.3 Å². The minimum Gasteiger partial charge on any atom is -0.379 e. The minimum atomic E-state index is 0.271. The average molecular weight is 277 g/mol. The molecule has 0 bridgehead atoms. The molecule has 0 saturated carbocycles. The molecule has 3 heteroatoms. The second-order valence-corrected chi connectivity index (χ2v) is 5.67. The normalized spacial score (nSPS) is 20.2. The fraction of sp³-hybridized carbons (Fsp3) is 0.647. The molecule has 2 rings (SSSR count). The van der Waals surface area contributed by atoms with Gasteiger partial charge in [-0.15, -0.1) is 0 Å². The van der Waals surface area contributed by atoms with Gasteiger partial charge in [0.05, 0.1) is 25.4 Å². The lowest BCUT2D eigenvalue weighted by molar-refractivity contribution is 0.0297. The first-order valence-corrected chi connectivity index (χ1v) is 7.70. The van der Waals surface area contributed by atoms with Crippen LogP contribution in [-0.4, -0.2) is 32.5 Å². The van der Waals surface area contributed by atoms with Gasteiger partial charge in [0.2, 0.25) is 0 Å². The van der Waals surface area contributed by atoms with Gasteiger partial charge in [0.1, 0.15) is 0 Å². The number of hydrogen-bond acceptors (Lipinski definition) is 3. The minimum absolute atomic E-state index is 0.271. The van der Waals surface area contributed by atoms with Crippen molar-refractivity contribution in [2.75, 3.05) is 26.4 Å². The number of nitrogens with one attached hydrogen (secondary N) is 1. The first-order valence-electron chi connectivity index (χ1n) is 7.70. The molecule has 0 spiro atoms. The smallest absolute Gasteiger partial charge is 0.0831 e. The van der Waals surface area contributed by atoms with Crippen molar-refractivity contribution in [3.05, 3.63) is 34.9 Å².